The van der Waals surface area contributed by atoms with E-state index in [0.29, 0.717) is 55.0 Å². The number of benzene rings is 1. The first-order valence-corrected chi connectivity index (χ1v) is 12.8. The Morgan fingerprint density at radius 2 is 1.88 bits per heavy atom. The van der Waals surface area contributed by atoms with Crippen LogP contribution in [0.3, 0.4) is 0 Å². The average Bonchev–Trinajstić information content (AvgIpc) is 3.31. The summed E-state index contributed by atoms with van der Waals surface area (Å²) in [5, 5.41) is 3.93. The number of ether oxygens (including phenoxy) is 1. The van der Waals surface area contributed by atoms with Crippen molar-refractivity contribution in [2.24, 2.45) is 11.8 Å². The smallest absolute Gasteiger partial charge is 0.338 e. The molecule has 3 heterocycles. The van der Waals surface area contributed by atoms with Crippen molar-refractivity contribution < 1.29 is 22.5 Å². The van der Waals surface area contributed by atoms with Gasteiger partial charge in [0.2, 0.25) is 21.7 Å². The number of aryl methyl sites for hydroxylation is 1. The van der Waals surface area contributed by atoms with Gasteiger partial charge in [-0.15, -0.1) is 0 Å². The van der Waals surface area contributed by atoms with Gasteiger partial charge in [-0.2, -0.15) is 9.29 Å². The first kappa shape index (κ1) is 24.0. The molecule has 0 saturated carbocycles. The second-order valence-electron chi connectivity index (χ2n) is 8.79. The minimum Gasteiger partial charge on any atom is -0.462 e. The third-order valence-electron chi connectivity index (χ3n) is 5.72. The van der Waals surface area contributed by atoms with Crippen molar-refractivity contribution in [3.05, 3.63) is 60.2 Å². The van der Waals surface area contributed by atoms with E-state index in [4.69, 9.17) is 9.26 Å². The molecule has 2 unspecified atom stereocenters. The summed E-state index contributed by atoms with van der Waals surface area (Å²) in [6, 6.07) is 9.55. The van der Waals surface area contributed by atoms with Crippen LogP contribution in [0.5, 0.6) is 0 Å². The lowest BCUT2D eigenvalue weighted by molar-refractivity contribution is 0.0498. The number of esters is 1. The highest BCUT2D eigenvalue weighted by Crippen LogP contribution is 2.27. The van der Waals surface area contributed by atoms with E-state index in [9.17, 15) is 13.2 Å². The van der Waals surface area contributed by atoms with Crippen LogP contribution in [0.2, 0.25) is 0 Å². The molecule has 34 heavy (non-hydrogen) atoms. The molecule has 0 aliphatic carbocycles. The van der Waals surface area contributed by atoms with Crippen molar-refractivity contribution >= 4 is 16.0 Å². The predicted octanol–water partition coefficient (Wildman–Crippen LogP) is 3.59. The Balaban J connectivity index is 1.27. The van der Waals surface area contributed by atoms with Crippen LogP contribution in [0.25, 0.3) is 11.4 Å². The lowest BCUT2D eigenvalue weighted by Gasteiger charge is -2.34. The summed E-state index contributed by atoms with van der Waals surface area (Å²) in [7, 11) is -3.59. The summed E-state index contributed by atoms with van der Waals surface area (Å²) in [6.45, 7) is 5.33. The highest BCUT2D eigenvalue weighted by Gasteiger charge is 2.31. The van der Waals surface area contributed by atoms with Crippen LogP contribution in [0.15, 0.2) is 58.2 Å². The van der Waals surface area contributed by atoms with E-state index in [1.165, 1.54) is 28.6 Å². The number of sulfonamides is 1. The van der Waals surface area contributed by atoms with Gasteiger partial charge in [-0.05, 0) is 61.1 Å². The number of rotatable bonds is 8. The number of nitrogens with zero attached hydrogens (tertiary/aromatic N) is 4. The number of hydrogen-bond donors (Lipinski definition) is 0. The van der Waals surface area contributed by atoms with Crippen molar-refractivity contribution in [1.29, 1.82) is 0 Å². The van der Waals surface area contributed by atoms with Crippen molar-refractivity contribution in [1.82, 2.24) is 19.4 Å². The van der Waals surface area contributed by atoms with Gasteiger partial charge in [-0.25, -0.2) is 13.2 Å². The highest BCUT2D eigenvalue weighted by atomic mass is 32.2. The minimum absolute atomic E-state index is 0.174. The summed E-state index contributed by atoms with van der Waals surface area (Å²) in [5.74, 6) is 1.05. The molecule has 0 spiro atoms. The van der Waals surface area contributed by atoms with Gasteiger partial charge in [0.05, 0.1) is 17.1 Å². The Kier molecular flexibility index (Phi) is 7.38. The molecule has 1 fully saturated rings. The molecule has 1 aliphatic rings. The Bertz CT molecular complexity index is 1200. The topological polar surface area (TPSA) is 115 Å². The Morgan fingerprint density at radius 1 is 1.15 bits per heavy atom. The van der Waals surface area contributed by atoms with E-state index >= 15 is 0 Å². The van der Waals surface area contributed by atoms with Gasteiger partial charge in [0.1, 0.15) is 0 Å². The number of aromatic nitrogens is 3. The molecule has 0 N–H and O–H groups in total. The van der Waals surface area contributed by atoms with Gasteiger partial charge in [0.25, 0.3) is 0 Å². The van der Waals surface area contributed by atoms with Crippen LogP contribution in [0.1, 0.15) is 42.9 Å². The Hall–Kier alpha value is -3.11. The molecule has 1 aromatic carbocycles. The van der Waals surface area contributed by atoms with E-state index in [2.05, 4.69) is 29.0 Å². The summed E-state index contributed by atoms with van der Waals surface area (Å²) in [5.41, 5.74) is 1.06. The molecule has 1 aliphatic heterocycles. The monoisotopic (exact) mass is 484 g/mol. The van der Waals surface area contributed by atoms with Gasteiger partial charge >= 0.3 is 5.97 Å². The Morgan fingerprint density at radius 3 is 2.56 bits per heavy atom. The normalized spacial score (nSPS) is 19.1. The lowest BCUT2D eigenvalue weighted by Crippen LogP contribution is -2.42. The minimum atomic E-state index is -3.59. The molecular formula is C24H28N4O5S. The number of carbonyl (C=O) groups is 1. The maximum Gasteiger partial charge on any atom is 0.338 e. The van der Waals surface area contributed by atoms with Crippen molar-refractivity contribution in [3.63, 3.8) is 0 Å². The van der Waals surface area contributed by atoms with E-state index in [1.807, 2.05) is 6.07 Å². The summed E-state index contributed by atoms with van der Waals surface area (Å²) >= 11 is 0. The van der Waals surface area contributed by atoms with Crippen LogP contribution < -0.4 is 0 Å². The molecule has 2 aromatic heterocycles. The van der Waals surface area contributed by atoms with Crippen molar-refractivity contribution in [2.45, 2.75) is 38.0 Å². The van der Waals surface area contributed by atoms with Crippen molar-refractivity contribution in [3.8, 4) is 11.4 Å². The molecular weight excluding hydrogens is 456 g/mol. The first-order chi connectivity index (χ1) is 16.3. The third kappa shape index (κ3) is 5.68. The van der Waals surface area contributed by atoms with Crippen LogP contribution in [-0.2, 0) is 21.2 Å². The second-order valence-corrected chi connectivity index (χ2v) is 10.7. The average molecular weight is 485 g/mol. The molecule has 1 saturated heterocycles. The second kappa shape index (κ2) is 10.4. The Labute approximate surface area is 199 Å². The molecule has 0 bridgehead atoms. The molecule has 180 valence electrons. The van der Waals surface area contributed by atoms with Gasteiger partial charge < -0.3 is 9.26 Å². The van der Waals surface area contributed by atoms with Crippen LogP contribution in [-0.4, -0.2) is 53.5 Å². The van der Waals surface area contributed by atoms with Gasteiger partial charge in [0.15, 0.2) is 0 Å². The number of hydrogen-bond acceptors (Lipinski definition) is 8. The van der Waals surface area contributed by atoms with Gasteiger partial charge in [-0.3, -0.25) is 4.98 Å². The number of piperidine rings is 1. The quantitative estimate of drug-likeness (QED) is 0.352. The van der Waals surface area contributed by atoms with E-state index in [0.717, 1.165) is 12.0 Å². The predicted molar refractivity (Wildman–Crippen MR) is 124 cm³/mol. The zero-order valence-electron chi connectivity index (χ0n) is 19.3. The fourth-order valence-electron chi connectivity index (χ4n) is 4.15. The van der Waals surface area contributed by atoms with Crippen LogP contribution in [0, 0.1) is 11.8 Å². The number of carbonyl (C=O) groups excluding carboxylic acids is 1. The van der Waals surface area contributed by atoms with Crippen LogP contribution >= 0.6 is 0 Å². The largest absolute Gasteiger partial charge is 0.462 e. The zero-order chi connectivity index (χ0) is 24.1. The molecule has 0 radical (unpaired) electrons. The van der Waals surface area contributed by atoms with Crippen LogP contribution in [0.4, 0.5) is 0 Å². The molecule has 9 nitrogen and oxygen atoms in total. The maximum atomic E-state index is 13.0. The molecule has 2 atom stereocenters. The highest BCUT2D eigenvalue weighted by molar-refractivity contribution is 7.89. The SMILES string of the molecule is CC1CC(C)CN(S(=O)(=O)c2ccc(C(=O)OCCCc3nc(-c4cccnc4)no3)cc2)C1. The van der Waals surface area contributed by atoms with E-state index in [-0.39, 0.29) is 11.5 Å². The van der Waals surface area contributed by atoms with Crippen molar-refractivity contribution in [2.75, 3.05) is 19.7 Å². The summed E-state index contributed by atoms with van der Waals surface area (Å²) < 4.78 is 38.0. The zero-order valence-corrected chi connectivity index (χ0v) is 20.1. The van der Waals surface area contributed by atoms with E-state index < -0.39 is 16.0 Å². The fraction of sp³-hybridized carbons (Fsp3) is 0.417. The first-order valence-electron chi connectivity index (χ1n) is 11.3. The third-order valence-corrected chi connectivity index (χ3v) is 7.56. The molecule has 10 heteroatoms. The van der Waals surface area contributed by atoms with E-state index in [1.54, 1.807) is 18.5 Å². The molecule has 4 rings (SSSR count). The maximum absolute atomic E-state index is 13.0. The lowest BCUT2D eigenvalue weighted by atomic mass is 9.94. The fourth-order valence-corrected chi connectivity index (χ4v) is 5.83. The summed E-state index contributed by atoms with van der Waals surface area (Å²) in [6.07, 6.45) is 5.32. The van der Waals surface area contributed by atoms with Gasteiger partial charge in [-0.1, -0.05) is 19.0 Å². The number of pyridine rings is 1. The summed E-state index contributed by atoms with van der Waals surface area (Å²) in [4.78, 5) is 20.9. The molecule has 3 aromatic rings. The van der Waals surface area contributed by atoms with Gasteiger partial charge in [0, 0.05) is 37.5 Å². The molecule has 0 amide bonds. The standard InChI is InChI=1S/C24H28N4O5S/c1-17-13-18(2)16-28(15-17)34(30,31)21-9-7-19(8-10-21)24(29)32-12-4-6-22-26-23(27-33-22)20-5-3-11-25-14-20/h3,5,7-11,14,17-18H,4,6,12-13,15-16H2,1-2H3.